The molecule has 0 amide bonds. The molecule has 0 spiro atoms. The minimum Gasteiger partial charge on any atom is -0.464 e. The summed E-state index contributed by atoms with van der Waals surface area (Å²) < 4.78 is 13.3. The molecule has 0 atom stereocenters. The minimum atomic E-state index is -0.583. The number of aromatic nitrogens is 4. The molecule has 4 aromatic rings. The summed E-state index contributed by atoms with van der Waals surface area (Å²) in [5.41, 5.74) is 8.82. The molecule has 0 fully saturated rings. The number of carbonyl (C=O) groups is 2. The summed E-state index contributed by atoms with van der Waals surface area (Å²) in [6.45, 7) is 1.97. The van der Waals surface area contributed by atoms with Crippen LogP contribution in [-0.4, -0.2) is 51.1 Å². The molecule has 0 bridgehead atoms. The summed E-state index contributed by atoms with van der Waals surface area (Å²) >= 11 is 1.34. The first-order valence-electron chi connectivity index (χ1n) is 9.49. The molecular formula is C21H21N5O4S. The molecule has 160 valence electrons. The van der Waals surface area contributed by atoms with Crippen LogP contribution in [0.3, 0.4) is 0 Å². The Morgan fingerprint density at radius 1 is 1.23 bits per heavy atom. The maximum Gasteiger partial charge on any atom is 0.419 e. The molecular weight excluding hydrogens is 418 g/mol. The fourth-order valence-electron chi connectivity index (χ4n) is 3.66. The Kier molecular flexibility index (Phi) is 5.32. The van der Waals surface area contributed by atoms with Crippen molar-refractivity contribution in [2.24, 2.45) is 7.05 Å². The van der Waals surface area contributed by atoms with Crippen LogP contribution in [0.2, 0.25) is 0 Å². The zero-order valence-electron chi connectivity index (χ0n) is 17.5. The molecule has 3 heterocycles. The van der Waals surface area contributed by atoms with Crippen molar-refractivity contribution >= 4 is 51.4 Å². The number of nitrogens with zero attached hydrogens (tertiary/aromatic N) is 4. The average molecular weight is 439 g/mol. The van der Waals surface area contributed by atoms with E-state index in [9.17, 15) is 9.59 Å². The number of ether oxygens (including phenoxy) is 2. The van der Waals surface area contributed by atoms with Crippen LogP contribution in [0, 0.1) is 0 Å². The summed E-state index contributed by atoms with van der Waals surface area (Å²) in [4.78, 5) is 34.5. The van der Waals surface area contributed by atoms with Gasteiger partial charge in [0.1, 0.15) is 11.3 Å². The molecule has 4 rings (SSSR count). The van der Waals surface area contributed by atoms with Crippen molar-refractivity contribution in [2.45, 2.75) is 12.1 Å². The molecule has 0 aliphatic heterocycles. The van der Waals surface area contributed by atoms with E-state index in [0.29, 0.717) is 33.1 Å². The summed E-state index contributed by atoms with van der Waals surface area (Å²) in [7, 11) is 2.98. The SMILES string of the molecule is CCOC(=O)n1c(-c2nc(SC)nc3c2c(N)c(C(=O)OC)n3C)cc2ccccc21. The number of esters is 1. The zero-order chi connectivity index (χ0) is 22.3. The first kappa shape index (κ1) is 20.7. The first-order chi connectivity index (χ1) is 14.9. The molecule has 0 saturated carbocycles. The van der Waals surface area contributed by atoms with E-state index < -0.39 is 12.1 Å². The Hall–Kier alpha value is -3.53. The number of benzene rings is 1. The smallest absolute Gasteiger partial charge is 0.419 e. The molecule has 10 heteroatoms. The monoisotopic (exact) mass is 439 g/mol. The number of rotatable bonds is 4. The van der Waals surface area contributed by atoms with E-state index in [1.807, 2.05) is 36.6 Å². The predicted octanol–water partition coefficient (Wildman–Crippen LogP) is 3.69. The van der Waals surface area contributed by atoms with E-state index in [-0.39, 0.29) is 18.0 Å². The maximum absolute atomic E-state index is 12.9. The fraction of sp³-hybridized carbons (Fsp3) is 0.238. The van der Waals surface area contributed by atoms with Gasteiger partial charge in [0.05, 0.1) is 36.0 Å². The van der Waals surface area contributed by atoms with Gasteiger partial charge in [0.2, 0.25) is 0 Å². The van der Waals surface area contributed by atoms with Crippen molar-refractivity contribution < 1.29 is 19.1 Å². The van der Waals surface area contributed by atoms with E-state index in [2.05, 4.69) is 9.97 Å². The van der Waals surface area contributed by atoms with Crippen molar-refractivity contribution in [3.63, 3.8) is 0 Å². The van der Waals surface area contributed by atoms with E-state index in [1.165, 1.54) is 23.4 Å². The lowest BCUT2D eigenvalue weighted by atomic mass is 10.1. The maximum atomic E-state index is 12.9. The fourth-order valence-corrected chi connectivity index (χ4v) is 4.02. The van der Waals surface area contributed by atoms with Gasteiger partial charge in [-0.3, -0.25) is 0 Å². The number of methoxy groups -OCH3 is 1. The Morgan fingerprint density at radius 3 is 2.65 bits per heavy atom. The van der Waals surface area contributed by atoms with Crippen molar-refractivity contribution in [2.75, 3.05) is 25.7 Å². The summed E-state index contributed by atoms with van der Waals surface area (Å²) in [5.74, 6) is -0.583. The van der Waals surface area contributed by atoms with Crippen molar-refractivity contribution in [1.29, 1.82) is 0 Å². The van der Waals surface area contributed by atoms with Gasteiger partial charge in [0, 0.05) is 12.4 Å². The Bertz CT molecular complexity index is 1340. The number of para-hydroxylation sites is 1. The van der Waals surface area contributed by atoms with Gasteiger partial charge in [-0.1, -0.05) is 30.0 Å². The highest BCUT2D eigenvalue weighted by Crippen LogP contribution is 2.38. The Labute approximate surface area is 182 Å². The Balaban J connectivity index is 2.14. The van der Waals surface area contributed by atoms with Crippen LogP contribution in [0.4, 0.5) is 10.5 Å². The Morgan fingerprint density at radius 2 is 1.97 bits per heavy atom. The predicted molar refractivity (Wildman–Crippen MR) is 119 cm³/mol. The number of hydrogen-bond donors (Lipinski definition) is 1. The van der Waals surface area contributed by atoms with Crippen LogP contribution < -0.4 is 5.73 Å². The van der Waals surface area contributed by atoms with Crippen molar-refractivity contribution in [3.8, 4) is 11.4 Å². The number of nitrogen functional groups attached to an aromatic ring is 1. The van der Waals surface area contributed by atoms with Crippen LogP contribution >= 0.6 is 11.8 Å². The van der Waals surface area contributed by atoms with Crippen LogP contribution in [0.25, 0.3) is 33.3 Å². The van der Waals surface area contributed by atoms with Crippen molar-refractivity contribution in [1.82, 2.24) is 19.1 Å². The van der Waals surface area contributed by atoms with Crippen LogP contribution in [-0.2, 0) is 16.5 Å². The van der Waals surface area contributed by atoms with Gasteiger partial charge in [0.15, 0.2) is 10.9 Å². The number of anilines is 1. The molecule has 2 N–H and O–H groups in total. The molecule has 9 nitrogen and oxygen atoms in total. The third-order valence-corrected chi connectivity index (χ3v) is 5.56. The standard InChI is InChI=1S/C21H21N5O4S/c1-5-30-21(28)26-12-9-7-6-8-11(12)10-13(26)16-14-15(22)17(19(27)29-3)25(2)18(14)24-20(23-16)31-4/h6-10H,5,22H2,1-4H3. The highest BCUT2D eigenvalue weighted by molar-refractivity contribution is 7.98. The molecule has 0 aliphatic carbocycles. The van der Waals surface area contributed by atoms with Crippen LogP contribution in [0.1, 0.15) is 17.4 Å². The second kappa shape index (κ2) is 7.95. The molecule has 0 unspecified atom stereocenters. The zero-order valence-corrected chi connectivity index (χ0v) is 18.3. The molecule has 3 aromatic heterocycles. The normalized spacial score (nSPS) is 11.2. The number of carbonyl (C=O) groups excluding carboxylic acids is 2. The largest absolute Gasteiger partial charge is 0.464 e. The summed E-state index contributed by atoms with van der Waals surface area (Å²) in [5, 5.41) is 1.78. The quantitative estimate of drug-likeness (QED) is 0.291. The average Bonchev–Trinajstić information content (AvgIpc) is 3.28. The number of aryl methyl sites for hydroxylation is 1. The van der Waals surface area contributed by atoms with E-state index >= 15 is 0 Å². The van der Waals surface area contributed by atoms with Gasteiger partial charge in [-0.15, -0.1) is 0 Å². The molecule has 0 radical (unpaired) electrons. The molecule has 0 aliphatic rings. The minimum absolute atomic E-state index is 0.171. The van der Waals surface area contributed by atoms with Gasteiger partial charge in [-0.05, 0) is 25.3 Å². The molecule has 0 saturated heterocycles. The second-order valence-corrected chi connectivity index (χ2v) is 7.47. The number of nitrogens with two attached hydrogens (primary N) is 1. The number of thioether (sulfide) groups is 1. The lowest BCUT2D eigenvalue weighted by molar-refractivity contribution is 0.0591. The van der Waals surface area contributed by atoms with Gasteiger partial charge < -0.3 is 19.8 Å². The van der Waals surface area contributed by atoms with Crippen LogP contribution in [0.5, 0.6) is 0 Å². The highest BCUT2D eigenvalue weighted by Gasteiger charge is 2.28. The van der Waals surface area contributed by atoms with E-state index in [1.54, 1.807) is 18.5 Å². The lowest BCUT2D eigenvalue weighted by Gasteiger charge is -2.11. The molecule has 31 heavy (non-hydrogen) atoms. The second-order valence-electron chi connectivity index (χ2n) is 6.69. The topological polar surface area (TPSA) is 114 Å². The number of hydrogen-bond acceptors (Lipinski definition) is 8. The van der Waals surface area contributed by atoms with E-state index in [0.717, 1.165) is 5.39 Å². The summed E-state index contributed by atoms with van der Waals surface area (Å²) in [6.07, 6.45) is 1.32. The summed E-state index contributed by atoms with van der Waals surface area (Å²) in [6, 6.07) is 9.31. The third kappa shape index (κ3) is 3.19. The molecule has 1 aromatic carbocycles. The van der Waals surface area contributed by atoms with Crippen LogP contribution in [0.15, 0.2) is 35.5 Å². The number of fused-ring (bicyclic) bond motifs is 2. The lowest BCUT2D eigenvalue weighted by Crippen LogP contribution is -2.15. The van der Waals surface area contributed by atoms with Gasteiger partial charge in [0.25, 0.3) is 0 Å². The first-order valence-corrected chi connectivity index (χ1v) is 10.7. The van der Waals surface area contributed by atoms with Gasteiger partial charge >= 0.3 is 12.1 Å². The van der Waals surface area contributed by atoms with Crippen molar-refractivity contribution in [3.05, 3.63) is 36.0 Å². The van der Waals surface area contributed by atoms with Gasteiger partial charge in [-0.2, -0.15) is 0 Å². The highest BCUT2D eigenvalue weighted by atomic mass is 32.2. The van der Waals surface area contributed by atoms with Gasteiger partial charge in [-0.25, -0.2) is 24.1 Å². The third-order valence-electron chi connectivity index (χ3n) is 5.01. The van der Waals surface area contributed by atoms with E-state index in [4.69, 9.17) is 15.2 Å².